The normalized spacial score (nSPS) is 12.3. The third-order valence-electron chi connectivity index (χ3n) is 2.50. The third kappa shape index (κ3) is 3.77. The molecule has 0 bridgehead atoms. The van der Waals surface area contributed by atoms with E-state index in [9.17, 15) is 5.11 Å². The summed E-state index contributed by atoms with van der Waals surface area (Å²) in [6.45, 7) is 1.67. The predicted octanol–water partition coefficient (Wildman–Crippen LogP) is 5.49. The molecule has 0 aliphatic rings. The largest absolute Gasteiger partial charge is 0.456 e. The molecule has 5 heteroatoms. The van der Waals surface area contributed by atoms with E-state index < -0.39 is 6.10 Å². The van der Waals surface area contributed by atoms with Gasteiger partial charge in [-0.1, -0.05) is 40.9 Å². The van der Waals surface area contributed by atoms with Crippen LogP contribution >= 0.6 is 34.8 Å². The van der Waals surface area contributed by atoms with Gasteiger partial charge < -0.3 is 9.84 Å². The molecule has 100 valence electrons. The van der Waals surface area contributed by atoms with E-state index in [4.69, 9.17) is 39.5 Å². The van der Waals surface area contributed by atoms with E-state index >= 15 is 0 Å². The maximum atomic E-state index is 9.47. The smallest absolute Gasteiger partial charge is 0.146 e. The lowest BCUT2D eigenvalue weighted by Crippen LogP contribution is -1.92. The van der Waals surface area contributed by atoms with Crippen molar-refractivity contribution < 1.29 is 9.84 Å². The molecule has 1 N–H and O–H groups in total. The number of benzene rings is 2. The first-order chi connectivity index (χ1) is 8.95. The molecule has 2 aromatic carbocycles. The van der Waals surface area contributed by atoms with Crippen LogP contribution in [0, 0.1) is 0 Å². The fourth-order valence-corrected chi connectivity index (χ4v) is 2.31. The molecule has 0 spiro atoms. The molecule has 2 aromatic rings. The van der Waals surface area contributed by atoms with Crippen molar-refractivity contribution in [3.05, 3.63) is 57.0 Å². The topological polar surface area (TPSA) is 29.5 Å². The van der Waals surface area contributed by atoms with Crippen molar-refractivity contribution in [2.24, 2.45) is 0 Å². The summed E-state index contributed by atoms with van der Waals surface area (Å²) < 4.78 is 5.62. The number of hydrogen-bond acceptors (Lipinski definition) is 2. The van der Waals surface area contributed by atoms with Crippen molar-refractivity contribution in [3.8, 4) is 11.5 Å². The van der Waals surface area contributed by atoms with E-state index in [0.29, 0.717) is 26.6 Å². The third-order valence-corrected chi connectivity index (χ3v) is 3.23. The Kier molecular flexibility index (Phi) is 4.58. The van der Waals surface area contributed by atoms with Gasteiger partial charge in [0.05, 0.1) is 11.1 Å². The van der Waals surface area contributed by atoms with Crippen molar-refractivity contribution >= 4 is 34.8 Å². The van der Waals surface area contributed by atoms with Crippen LogP contribution in [0.3, 0.4) is 0 Å². The van der Waals surface area contributed by atoms with Crippen LogP contribution in [0.4, 0.5) is 0 Å². The average Bonchev–Trinajstić information content (AvgIpc) is 2.30. The predicted molar refractivity (Wildman–Crippen MR) is 78.6 cm³/mol. The molecule has 0 aliphatic heterocycles. The second kappa shape index (κ2) is 6.02. The zero-order valence-corrected chi connectivity index (χ0v) is 12.3. The maximum absolute atomic E-state index is 9.47. The summed E-state index contributed by atoms with van der Waals surface area (Å²) in [5.41, 5.74) is 0.724. The van der Waals surface area contributed by atoms with E-state index in [1.165, 1.54) is 0 Å². The van der Waals surface area contributed by atoms with Gasteiger partial charge in [-0.15, -0.1) is 0 Å². The summed E-state index contributed by atoms with van der Waals surface area (Å²) in [6.07, 6.45) is -0.577. The highest BCUT2D eigenvalue weighted by Gasteiger charge is 2.08. The van der Waals surface area contributed by atoms with E-state index in [-0.39, 0.29) is 0 Å². The summed E-state index contributed by atoms with van der Waals surface area (Å²) in [5.74, 6) is 0.980. The Morgan fingerprint density at radius 3 is 2.16 bits per heavy atom. The van der Waals surface area contributed by atoms with Crippen LogP contribution in [0.5, 0.6) is 11.5 Å². The van der Waals surface area contributed by atoms with Crippen LogP contribution in [0.25, 0.3) is 0 Å². The second-order valence-corrected chi connectivity index (χ2v) is 5.35. The molecule has 2 rings (SSSR count). The number of ether oxygens (including phenoxy) is 1. The molecular weight excluding hydrogens is 307 g/mol. The molecule has 1 unspecified atom stereocenters. The lowest BCUT2D eigenvalue weighted by atomic mass is 10.1. The molecule has 0 fully saturated rings. The van der Waals surface area contributed by atoms with Gasteiger partial charge in [0.15, 0.2) is 0 Å². The first-order valence-electron chi connectivity index (χ1n) is 5.57. The first kappa shape index (κ1) is 14.5. The Morgan fingerprint density at radius 1 is 1.00 bits per heavy atom. The summed E-state index contributed by atoms with van der Waals surface area (Å²) >= 11 is 17.9. The minimum absolute atomic E-state index is 0.412. The van der Waals surface area contributed by atoms with E-state index in [1.807, 2.05) is 0 Å². The van der Waals surface area contributed by atoms with Gasteiger partial charge in [0, 0.05) is 10.0 Å². The van der Waals surface area contributed by atoms with Crippen LogP contribution in [0.1, 0.15) is 18.6 Å². The van der Waals surface area contributed by atoms with Gasteiger partial charge in [-0.05, 0) is 42.8 Å². The summed E-state index contributed by atoms with van der Waals surface area (Å²) in [4.78, 5) is 0. The highest BCUT2D eigenvalue weighted by Crippen LogP contribution is 2.33. The Balaban J connectivity index is 2.28. The van der Waals surface area contributed by atoms with Gasteiger partial charge in [0.25, 0.3) is 0 Å². The highest BCUT2D eigenvalue weighted by atomic mass is 35.5. The van der Waals surface area contributed by atoms with Crippen LogP contribution in [-0.4, -0.2) is 5.11 Å². The van der Waals surface area contributed by atoms with Crippen LogP contribution in [-0.2, 0) is 0 Å². The number of hydrogen-bond donors (Lipinski definition) is 1. The summed E-state index contributed by atoms with van der Waals surface area (Å²) in [6, 6.07) is 10.0. The van der Waals surface area contributed by atoms with Crippen LogP contribution < -0.4 is 4.74 Å². The lowest BCUT2D eigenvalue weighted by Gasteiger charge is -2.11. The fraction of sp³-hybridized carbons (Fsp3) is 0.143. The van der Waals surface area contributed by atoms with Crippen molar-refractivity contribution in [1.82, 2.24) is 0 Å². The van der Waals surface area contributed by atoms with Crippen LogP contribution in [0.2, 0.25) is 15.1 Å². The molecular formula is C14H11Cl3O2. The molecule has 0 aromatic heterocycles. The minimum atomic E-state index is -0.577. The standard InChI is InChI=1S/C14H11Cl3O2/c1-8(18)9-2-3-14(13(17)4-9)19-12-6-10(15)5-11(16)7-12/h2-8,18H,1H3. The first-order valence-corrected chi connectivity index (χ1v) is 6.70. The molecule has 0 heterocycles. The van der Waals surface area contributed by atoms with Gasteiger partial charge >= 0.3 is 0 Å². The van der Waals surface area contributed by atoms with Gasteiger partial charge in [-0.25, -0.2) is 0 Å². The maximum Gasteiger partial charge on any atom is 0.146 e. The number of rotatable bonds is 3. The summed E-state index contributed by atoms with van der Waals surface area (Å²) in [5, 5.41) is 10.8. The number of halogens is 3. The molecule has 0 saturated carbocycles. The molecule has 19 heavy (non-hydrogen) atoms. The van der Waals surface area contributed by atoms with Crippen molar-refractivity contribution in [2.45, 2.75) is 13.0 Å². The zero-order valence-electron chi connectivity index (χ0n) is 10.0. The molecule has 2 nitrogen and oxygen atoms in total. The molecule has 0 radical (unpaired) electrons. The fourth-order valence-electron chi connectivity index (χ4n) is 1.57. The van der Waals surface area contributed by atoms with E-state index in [0.717, 1.165) is 5.56 Å². The number of aliphatic hydroxyl groups is 1. The van der Waals surface area contributed by atoms with Crippen LogP contribution in [0.15, 0.2) is 36.4 Å². The highest BCUT2D eigenvalue weighted by molar-refractivity contribution is 6.34. The summed E-state index contributed by atoms with van der Waals surface area (Å²) in [7, 11) is 0. The Bertz CT molecular complexity index is 577. The quantitative estimate of drug-likeness (QED) is 0.810. The van der Waals surface area contributed by atoms with Gasteiger partial charge in [-0.2, -0.15) is 0 Å². The molecule has 1 atom stereocenters. The van der Waals surface area contributed by atoms with Crippen molar-refractivity contribution in [2.75, 3.05) is 0 Å². The van der Waals surface area contributed by atoms with Crippen molar-refractivity contribution in [1.29, 1.82) is 0 Å². The molecule has 0 amide bonds. The number of aliphatic hydroxyl groups excluding tert-OH is 1. The lowest BCUT2D eigenvalue weighted by molar-refractivity contribution is 0.199. The average molecular weight is 318 g/mol. The Labute approximate surface area is 126 Å². The minimum Gasteiger partial charge on any atom is -0.456 e. The van der Waals surface area contributed by atoms with Gasteiger partial charge in [0.1, 0.15) is 11.5 Å². The SMILES string of the molecule is CC(O)c1ccc(Oc2cc(Cl)cc(Cl)c2)c(Cl)c1. The zero-order chi connectivity index (χ0) is 14.0. The Morgan fingerprint density at radius 2 is 1.63 bits per heavy atom. The Hall–Kier alpha value is -0.930. The van der Waals surface area contributed by atoms with Gasteiger partial charge in [-0.3, -0.25) is 0 Å². The van der Waals surface area contributed by atoms with E-state index in [2.05, 4.69) is 0 Å². The molecule has 0 aliphatic carbocycles. The second-order valence-electron chi connectivity index (χ2n) is 4.07. The van der Waals surface area contributed by atoms with Gasteiger partial charge in [0.2, 0.25) is 0 Å². The monoisotopic (exact) mass is 316 g/mol. The van der Waals surface area contributed by atoms with E-state index in [1.54, 1.807) is 43.3 Å². The van der Waals surface area contributed by atoms with Crippen molar-refractivity contribution in [3.63, 3.8) is 0 Å². The molecule has 0 saturated heterocycles.